The lowest BCUT2D eigenvalue weighted by atomic mass is 9.93. The van der Waals surface area contributed by atoms with E-state index in [2.05, 4.69) is 57.2 Å². The third-order valence-corrected chi connectivity index (χ3v) is 8.43. The fourth-order valence-corrected chi connectivity index (χ4v) is 5.81. The summed E-state index contributed by atoms with van der Waals surface area (Å²) in [5, 5.41) is 14.6. The number of aliphatic hydroxyl groups excluding tert-OH is 1. The van der Waals surface area contributed by atoms with Crippen LogP contribution in [0.5, 0.6) is 0 Å². The van der Waals surface area contributed by atoms with Crippen LogP contribution in [-0.2, 0) is 6.54 Å². The maximum absolute atomic E-state index is 10.1. The summed E-state index contributed by atoms with van der Waals surface area (Å²) in [5.74, 6) is 1.62. The predicted molar refractivity (Wildman–Crippen MR) is 167 cm³/mol. The Hall–Kier alpha value is -1.61. The van der Waals surface area contributed by atoms with Crippen LogP contribution in [0.3, 0.4) is 0 Å². The van der Waals surface area contributed by atoms with E-state index in [1.54, 1.807) is 0 Å². The van der Waals surface area contributed by atoms with E-state index in [0.29, 0.717) is 6.04 Å². The molecule has 3 heterocycles. The van der Waals surface area contributed by atoms with Gasteiger partial charge in [-0.15, -0.1) is 37.2 Å². The lowest BCUT2D eigenvalue weighted by Gasteiger charge is -2.32. The number of anilines is 1. The van der Waals surface area contributed by atoms with E-state index in [4.69, 9.17) is 9.97 Å². The van der Waals surface area contributed by atoms with E-state index in [0.717, 1.165) is 87.9 Å². The standard InChI is InChI=1S/C29H40N6O.3ClH/c1-33-14-16-34(17-15-33)19-22-4-6-23(7-5-22)27-20-35(24-8-10-25(36)11-9-24)28-26(27)18-31-29(32-28)30-13-12-21-2-3-21;;;/h4-7,18,20-21,24-25,36H,2-3,8-17,19H2,1H3,(H,30,31,32);3*1H. The maximum atomic E-state index is 10.1. The number of aromatic nitrogens is 3. The summed E-state index contributed by atoms with van der Waals surface area (Å²) < 4.78 is 2.36. The van der Waals surface area contributed by atoms with E-state index in [1.165, 1.54) is 36.0 Å². The Bertz CT molecular complexity index is 1170. The Morgan fingerprint density at radius 3 is 2.28 bits per heavy atom. The molecule has 2 N–H and O–H groups in total. The molecule has 0 spiro atoms. The molecule has 2 saturated carbocycles. The van der Waals surface area contributed by atoms with Gasteiger partial charge in [0.1, 0.15) is 5.65 Å². The number of fused-ring (bicyclic) bond motifs is 1. The van der Waals surface area contributed by atoms with Gasteiger partial charge in [0.05, 0.1) is 6.10 Å². The summed E-state index contributed by atoms with van der Waals surface area (Å²) in [7, 11) is 2.20. The van der Waals surface area contributed by atoms with Gasteiger partial charge in [0, 0.05) is 68.7 Å². The molecule has 1 aliphatic heterocycles. The smallest absolute Gasteiger partial charge is 0.224 e. The second-order valence-corrected chi connectivity index (χ2v) is 11.3. The Morgan fingerprint density at radius 1 is 0.923 bits per heavy atom. The van der Waals surface area contributed by atoms with Crippen LogP contribution in [0.4, 0.5) is 5.95 Å². The number of halogens is 3. The first-order valence-electron chi connectivity index (χ1n) is 13.9. The molecule has 3 aromatic rings. The zero-order valence-corrected chi connectivity index (χ0v) is 25.2. The number of nitrogens with zero attached hydrogens (tertiary/aromatic N) is 5. The van der Waals surface area contributed by atoms with Crippen LogP contribution in [0.2, 0.25) is 0 Å². The second-order valence-electron chi connectivity index (χ2n) is 11.3. The summed E-state index contributed by atoms with van der Waals surface area (Å²) >= 11 is 0. The number of rotatable bonds is 8. The van der Waals surface area contributed by atoms with E-state index >= 15 is 0 Å². The highest BCUT2D eigenvalue weighted by Gasteiger charge is 2.25. The molecule has 3 fully saturated rings. The number of benzene rings is 1. The van der Waals surface area contributed by atoms with Crippen LogP contribution in [0, 0.1) is 5.92 Å². The molecular weight excluding hydrogens is 555 g/mol. The van der Waals surface area contributed by atoms with Crippen molar-refractivity contribution >= 4 is 54.2 Å². The van der Waals surface area contributed by atoms with E-state index in [1.807, 2.05) is 6.20 Å². The van der Waals surface area contributed by atoms with Gasteiger partial charge < -0.3 is 19.9 Å². The van der Waals surface area contributed by atoms with E-state index in [9.17, 15) is 5.11 Å². The van der Waals surface area contributed by atoms with Gasteiger partial charge in [0.15, 0.2) is 0 Å². The molecule has 0 bridgehead atoms. The molecule has 0 radical (unpaired) electrons. The van der Waals surface area contributed by atoms with Crippen molar-refractivity contribution in [2.45, 2.75) is 63.6 Å². The molecule has 10 heteroatoms. The summed E-state index contributed by atoms with van der Waals surface area (Å²) in [6.45, 7) is 6.51. The van der Waals surface area contributed by atoms with Crippen molar-refractivity contribution in [3.05, 3.63) is 42.2 Å². The fraction of sp³-hybridized carbons (Fsp3) is 0.586. The number of hydrogen-bond donors (Lipinski definition) is 2. The monoisotopic (exact) mass is 596 g/mol. The van der Waals surface area contributed by atoms with E-state index in [-0.39, 0.29) is 43.3 Å². The summed E-state index contributed by atoms with van der Waals surface area (Å²) in [6, 6.07) is 9.45. The molecule has 6 rings (SSSR count). The van der Waals surface area contributed by atoms with Gasteiger partial charge in [0.25, 0.3) is 0 Å². The van der Waals surface area contributed by atoms with Gasteiger partial charge in [-0.2, -0.15) is 4.98 Å². The van der Waals surface area contributed by atoms with Crippen LogP contribution in [-0.4, -0.2) is 75.3 Å². The minimum Gasteiger partial charge on any atom is -0.393 e. The van der Waals surface area contributed by atoms with Crippen molar-refractivity contribution in [3.63, 3.8) is 0 Å². The van der Waals surface area contributed by atoms with Crippen LogP contribution in [0.1, 0.15) is 56.6 Å². The summed E-state index contributed by atoms with van der Waals surface area (Å²) in [5.41, 5.74) is 4.80. The van der Waals surface area contributed by atoms with Crippen molar-refractivity contribution in [1.29, 1.82) is 0 Å². The summed E-state index contributed by atoms with van der Waals surface area (Å²) in [4.78, 5) is 14.6. The molecule has 3 aliphatic rings. The Kier molecular flexibility index (Phi) is 11.7. The van der Waals surface area contributed by atoms with Crippen molar-refractivity contribution in [1.82, 2.24) is 24.3 Å². The predicted octanol–water partition coefficient (Wildman–Crippen LogP) is 5.80. The average Bonchev–Trinajstić information content (AvgIpc) is 3.65. The quantitative estimate of drug-likeness (QED) is 0.342. The molecule has 7 nitrogen and oxygen atoms in total. The number of nitrogens with one attached hydrogen (secondary N) is 1. The highest BCUT2D eigenvalue weighted by atomic mass is 35.5. The number of hydrogen-bond acceptors (Lipinski definition) is 6. The number of likely N-dealkylation sites (N-methyl/N-ethyl adjacent to an activating group) is 1. The molecule has 0 unspecified atom stereocenters. The van der Waals surface area contributed by atoms with Crippen molar-refractivity contribution in [2.75, 3.05) is 45.1 Å². The molecule has 0 amide bonds. The zero-order chi connectivity index (χ0) is 24.5. The van der Waals surface area contributed by atoms with Gasteiger partial charge in [-0.25, -0.2) is 4.98 Å². The van der Waals surface area contributed by atoms with Crippen LogP contribution < -0.4 is 5.32 Å². The van der Waals surface area contributed by atoms with Gasteiger partial charge >= 0.3 is 0 Å². The lowest BCUT2D eigenvalue weighted by molar-refractivity contribution is 0.111. The second kappa shape index (κ2) is 14.3. The molecule has 2 aliphatic carbocycles. The third-order valence-electron chi connectivity index (χ3n) is 8.43. The minimum atomic E-state index is -0.162. The number of aliphatic hydroxyl groups is 1. The molecule has 1 saturated heterocycles. The highest BCUT2D eigenvalue weighted by molar-refractivity contribution is 5.94. The fourth-order valence-electron chi connectivity index (χ4n) is 5.81. The van der Waals surface area contributed by atoms with Crippen molar-refractivity contribution in [3.8, 4) is 11.1 Å². The first-order chi connectivity index (χ1) is 17.6. The van der Waals surface area contributed by atoms with Gasteiger partial charge in [-0.05, 0) is 56.2 Å². The first-order valence-corrected chi connectivity index (χ1v) is 13.9. The third kappa shape index (κ3) is 7.78. The molecule has 39 heavy (non-hydrogen) atoms. The average molecular weight is 598 g/mol. The first kappa shape index (κ1) is 31.9. The van der Waals surface area contributed by atoms with E-state index < -0.39 is 0 Å². The highest BCUT2D eigenvalue weighted by Crippen LogP contribution is 2.37. The van der Waals surface area contributed by atoms with Crippen LogP contribution >= 0.6 is 37.2 Å². The summed E-state index contributed by atoms with van der Waals surface area (Å²) in [6.07, 6.45) is 11.8. The van der Waals surface area contributed by atoms with Crippen LogP contribution in [0.15, 0.2) is 36.7 Å². The van der Waals surface area contributed by atoms with Gasteiger partial charge in [0.2, 0.25) is 5.95 Å². The largest absolute Gasteiger partial charge is 0.393 e. The van der Waals surface area contributed by atoms with Gasteiger partial charge in [-0.1, -0.05) is 37.1 Å². The normalized spacial score (nSPS) is 22.0. The van der Waals surface area contributed by atoms with Crippen molar-refractivity contribution < 1.29 is 5.11 Å². The minimum absolute atomic E-state index is 0. The lowest BCUT2D eigenvalue weighted by Crippen LogP contribution is -2.43. The van der Waals surface area contributed by atoms with Gasteiger partial charge in [-0.3, -0.25) is 4.90 Å². The topological polar surface area (TPSA) is 69.5 Å². The van der Waals surface area contributed by atoms with Crippen LogP contribution in [0.25, 0.3) is 22.2 Å². The Labute approximate surface area is 251 Å². The SMILES string of the molecule is CN1CCN(Cc2ccc(-c3cn(C4CCC(O)CC4)c4nc(NCCC5CC5)ncc34)cc2)CC1.Cl.Cl.Cl. The molecule has 1 aromatic carbocycles. The maximum Gasteiger partial charge on any atom is 0.224 e. The molecule has 0 atom stereocenters. The number of piperazine rings is 1. The molecular formula is C29H43Cl3N6O. The molecule has 2 aromatic heterocycles. The Balaban J connectivity index is 0.00000140. The Morgan fingerprint density at radius 2 is 1.62 bits per heavy atom. The molecule has 216 valence electrons. The van der Waals surface area contributed by atoms with Crippen molar-refractivity contribution in [2.24, 2.45) is 5.92 Å². The zero-order valence-electron chi connectivity index (χ0n) is 22.8.